The zero-order valence-electron chi connectivity index (χ0n) is 20.6. The lowest BCUT2D eigenvalue weighted by atomic mass is 9.93. The predicted molar refractivity (Wildman–Crippen MR) is 137 cm³/mol. The van der Waals surface area contributed by atoms with Crippen molar-refractivity contribution < 1.29 is 14.6 Å². The van der Waals surface area contributed by atoms with Crippen molar-refractivity contribution in [2.24, 2.45) is 0 Å². The molecule has 2 aromatic heterocycles. The van der Waals surface area contributed by atoms with E-state index in [1.54, 1.807) is 20.3 Å². The van der Waals surface area contributed by atoms with Crippen molar-refractivity contribution in [3.8, 4) is 17.4 Å². The molecule has 0 amide bonds. The van der Waals surface area contributed by atoms with Crippen LogP contribution in [0.25, 0.3) is 10.9 Å². The second kappa shape index (κ2) is 9.58. The fourth-order valence-electron chi connectivity index (χ4n) is 5.26. The third kappa shape index (κ3) is 3.95. The number of aromatic hydroxyl groups is 1. The number of aromatic nitrogens is 3. The van der Waals surface area contributed by atoms with E-state index in [-0.39, 0.29) is 18.0 Å². The van der Waals surface area contributed by atoms with Gasteiger partial charge in [0.05, 0.1) is 20.3 Å². The van der Waals surface area contributed by atoms with Crippen molar-refractivity contribution in [2.45, 2.75) is 32.4 Å². The highest BCUT2D eigenvalue weighted by molar-refractivity contribution is 5.85. The van der Waals surface area contributed by atoms with Gasteiger partial charge in [-0.05, 0) is 48.7 Å². The Bertz CT molecular complexity index is 1530. The molecular weight excluding hydrogens is 460 g/mol. The molecule has 0 radical (unpaired) electrons. The molecule has 1 aliphatic heterocycles. The molecule has 0 saturated heterocycles. The summed E-state index contributed by atoms with van der Waals surface area (Å²) >= 11 is 0. The van der Waals surface area contributed by atoms with Crippen LogP contribution in [0, 0.1) is 0 Å². The largest absolute Gasteiger partial charge is 0.494 e. The van der Waals surface area contributed by atoms with E-state index >= 15 is 0 Å². The molecule has 2 aromatic carbocycles. The number of methoxy groups -OCH3 is 2. The summed E-state index contributed by atoms with van der Waals surface area (Å²) in [7, 11) is 3.13. The number of hydrogen-bond donors (Lipinski definition) is 3. The predicted octanol–water partition coefficient (Wildman–Crippen LogP) is 2.95. The van der Waals surface area contributed by atoms with Crippen molar-refractivity contribution in [3.63, 3.8) is 0 Å². The standard InChI is InChI=1S/C27H30N4O5/c1-4-30-13-12-18-17-7-5-6-8-19(17)28-23(18)24(30)22-25(32)29-27(34)31(26(22)33)14-11-16-9-10-20(35-2)21(15-16)36-3/h5-10,15,24,28,33H,4,11-14H2,1-3H3,(H,29,32,34). The summed E-state index contributed by atoms with van der Waals surface area (Å²) in [5, 5.41) is 12.5. The number of fused-ring (bicyclic) bond motifs is 3. The van der Waals surface area contributed by atoms with E-state index in [9.17, 15) is 14.7 Å². The van der Waals surface area contributed by atoms with Crippen LogP contribution in [0.3, 0.4) is 0 Å². The van der Waals surface area contributed by atoms with Gasteiger partial charge in [0.25, 0.3) is 5.56 Å². The lowest BCUT2D eigenvalue weighted by Crippen LogP contribution is -2.41. The summed E-state index contributed by atoms with van der Waals surface area (Å²) in [5.41, 5.74) is 2.88. The van der Waals surface area contributed by atoms with Crippen molar-refractivity contribution in [3.05, 3.63) is 85.7 Å². The first-order valence-electron chi connectivity index (χ1n) is 12.1. The Labute approximate surface area is 207 Å². The molecule has 9 nitrogen and oxygen atoms in total. The molecule has 0 spiro atoms. The zero-order chi connectivity index (χ0) is 25.4. The van der Waals surface area contributed by atoms with Gasteiger partial charge in [-0.1, -0.05) is 31.2 Å². The molecule has 1 unspecified atom stereocenters. The molecule has 188 valence electrons. The monoisotopic (exact) mass is 490 g/mol. The molecule has 0 aliphatic carbocycles. The molecular formula is C27H30N4O5. The number of hydrogen-bond acceptors (Lipinski definition) is 6. The normalized spacial score (nSPS) is 15.7. The zero-order valence-corrected chi connectivity index (χ0v) is 20.6. The summed E-state index contributed by atoms with van der Waals surface area (Å²) < 4.78 is 11.9. The molecule has 3 N–H and O–H groups in total. The van der Waals surface area contributed by atoms with Gasteiger partial charge in [0.1, 0.15) is 5.56 Å². The number of nitrogens with one attached hydrogen (secondary N) is 2. The van der Waals surface area contributed by atoms with Crippen LogP contribution in [0.4, 0.5) is 0 Å². The Morgan fingerprint density at radius 3 is 2.58 bits per heavy atom. The van der Waals surface area contributed by atoms with E-state index in [2.05, 4.69) is 20.9 Å². The van der Waals surface area contributed by atoms with Crippen molar-refractivity contribution in [2.75, 3.05) is 27.3 Å². The van der Waals surface area contributed by atoms with E-state index in [0.717, 1.165) is 40.7 Å². The first-order valence-corrected chi connectivity index (χ1v) is 12.1. The first-order chi connectivity index (χ1) is 17.5. The Balaban J connectivity index is 1.57. The van der Waals surface area contributed by atoms with E-state index in [0.29, 0.717) is 24.5 Å². The summed E-state index contributed by atoms with van der Waals surface area (Å²) in [6.07, 6.45) is 1.28. The van der Waals surface area contributed by atoms with Crippen LogP contribution < -0.4 is 20.7 Å². The number of likely N-dealkylation sites (N-methyl/N-ethyl adjacent to an activating group) is 1. The number of H-pyrrole nitrogens is 2. The SMILES string of the molecule is CCN1CCc2c([nH]c3ccccc23)C1c1c(O)n(CCc2ccc(OC)c(OC)c2)c(=O)[nH]c1=O. The number of aryl methyl sites for hydroxylation is 1. The van der Waals surface area contributed by atoms with Gasteiger partial charge in [0.15, 0.2) is 11.5 Å². The van der Waals surface area contributed by atoms with Crippen LogP contribution in [0.15, 0.2) is 52.1 Å². The Morgan fingerprint density at radius 2 is 1.83 bits per heavy atom. The number of para-hydroxylation sites is 1. The maximum Gasteiger partial charge on any atom is 0.331 e. The third-order valence-electron chi connectivity index (χ3n) is 7.09. The van der Waals surface area contributed by atoms with E-state index in [1.165, 1.54) is 4.57 Å². The average molecular weight is 491 g/mol. The van der Waals surface area contributed by atoms with Crippen molar-refractivity contribution in [1.29, 1.82) is 0 Å². The van der Waals surface area contributed by atoms with E-state index in [1.807, 2.05) is 37.3 Å². The minimum absolute atomic E-state index is 0.177. The van der Waals surface area contributed by atoms with Gasteiger partial charge in [-0.25, -0.2) is 4.79 Å². The van der Waals surface area contributed by atoms with Crippen LogP contribution in [0.5, 0.6) is 17.4 Å². The lowest BCUT2D eigenvalue weighted by molar-refractivity contribution is 0.214. The average Bonchev–Trinajstić information content (AvgIpc) is 3.27. The van der Waals surface area contributed by atoms with Gasteiger partial charge in [-0.3, -0.25) is 19.2 Å². The molecule has 0 bridgehead atoms. The fourth-order valence-corrected chi connectivity index (χ4v) is 5.26. The van der Waals surface area contributed by atoms with Crippen LogP contribution >= 0.6 is 0 Å². The van der Waals surface area contributed by atoms with Gasteiger partial charge in [0.2, 0.25) is 5.88 Å². The second-order valence-electron chi connectivity index (χ2n) is 8.93. The summed E-state index contributed by atoms with van der Waals surface area (Å²) in [4.78, 5) is 33.9. The maximum absolute atomic E-state index is 13.1. The minimum atomic E-state index is -0.641. The van der Waals surface area contributed by atoms with Gasteiger partial charge < -0.3 is 19.6 Å². The Hall–Kier alpha value is -3.98. The second-order valence-corrected chi connectivity index (χ2v) is 8.93. The highest BCUT2D eigenvalue weighted by Crippen LogP contribution is 2.39. The Morgan fingerprint density at radius 1 is 1.06 bits per heavy atom. The van der Waals surface area contributed by atoms with Crippen molar-refractivity contribution >= 4 is 10.9 Å². The molecule has 1 atom stereocenters. The fraction of sp³-hybridized carbons (Fsp3) is 0.333. The third-order valence-corrected chi connectivity index (χ3v) is 7.09. The first kappa shape index (κ1) is 23.7. The molecule has 0 saturated carbocycles. The highest BCUT2D eigenvalue weighted by Gasteiger charge is 2.35. The van der Waals surface area contributed by atoms with Gasteiger partial charge >= 0.3 is 5.69 Å². The number of rotatable bonds is 7. The lowest BCUT2D eigenvalue weighted by Gasteiger charge is -2.35. The Kier molecular flexibility index (Phi) is 6.32. The number of aromatic amines is 2. The molecule has 5 rings (SSSR count). The maximum atomic E-state index is 13.1. The van der Waals surface area contributed by atoms with Crippen LogP contribution in [-0.2, 0) is 19.4 Å². The molecule has 9 heteroatoms. The van der Waals surface area contributed by atoms with Crippen LogP contribution in [0.2, 0.25) is 0 Å². The topological polar surface area (TPSA) is 113 Å². The minimum Gasteiger partial charge on any atom is -0.494 e. The number of benzene rings is 2. The van der Waals surface area contributed by atoms with E-state index in [4.69, 9.17) is 9.47 Å². The summed E-state index contributed by atoms with van der Waals surface area (Å²) in [6.45, 7) is 3.63. The van der Waals surface area contributed by atoms with Crippen molar-refractivity contribution in [1.82, 2.24) is 19.4 Å². The molecule has 36 heavy (non-hydrogen) atoms. The molecule has 4 aromatic rings. The highest BCUT2D eigenvalue weighted by atomic mass is 16.5. The van der Waals surface area contributed by atoms with Crippen LogP contribution in [0.1, 0.15) is 35.3 Å². The van der Waals surface area contributed by atoms with Gasteiger partial charge in [-0.2, -0.15) is 0 Å². The summed E-state index contributed by atoms with van der Waals surface area (Å²) in [6, 6.07) is 13.1. The number of nitrogens with zero attached hydrogens (tertiary/aromatic N) is 2. The smallest absolute Gasteiger partial charge is 0.331 e. The van der Waals surface area contributed by atoms with E-state index < -0.39 is 17.3 Å². The van der Waals surface area contributed by atoms with Gasteiger partial charge in [0, 0.05) is 29.7 Å². The molecule has 1 aliphatic rings. The van der Waals surface area contributed by atoms with Gasteiger partial charge in [-0.15, -0.1) is 0 Å². The summed E-state index contributed by atoms with van der Waals surface area (Å²) in [5.74, 6) is 0.888. The molecule has 0 fully saturated rings. The molecule has 3 heterocycles. The van der Waals surface area contributed by atoms with Crippen LogP contribution in [-0.4, -0.2) is 51.9 Å². The quantitative estimate of drug-likeness (QED) is 0.367. The number of ether oxygens (including phenoxy) is 2.